The van der Waals surface area contributed by atoms with Crippen LogP contribution < -0.4 is 9.64 Å². The van der Waals surface area contributed by atoms with Crippen LogP contribution in [0.15, 0.2) is 48.5 Å². The summed E-state index contributed by atoms with van der Waals surface area (Å²) in [4.78, 5) is 2.41. The standard InChI is InChI=1S/C18H20ClNO/c1-13-11-15-5-3-4-6-18(15)20(13)12-17(19)14-7-9-16(21-2)10-8-14/h3-10,13,17H,11-12H2,1-2H3. The molecule has 0 N–H and O–H groups in total. The minimum Gasteiger partial charge on any atom is -0.497 e. The number of alkyl halides is 1. The van der Waals surface area contributed by atoms with Crippen LogP contribution in [0.4, 0.5) is 5.69 Å². The average molecular weight is 302 g/mol. The second-order valence-electron chi connectivity index (χ2n) is 5.57. The van der Waals surface area contributed by atoms with Gasteiger partial charge in [0.1, 0.15) is 5.75 Å². The van der Waals surface area contributed by atoms with E-state index >= 15 is 0 Å². The van der Waals surface area contributed by atoms with E-state index in [1.54, 1.807) is 7.11 Å². The quantitative estimate of drug-likeness (QED) is 0.775. The molecule has 0 fully saturated rings. The van der Waals surface area contributed by atoms with Gasteiger partial charge in [-0.1, -0.05) is 30.3 Å². The number of benzene rings is 2. The highest BCUT2D eigenvalue weighted by Gasteiger charge is 2.27. The molecule has 0 radical (unpaired) electrons. The van der Waals surface area contributed by atoms with Crippen molar-refractivity contribution in [3.05, 3.63) is 59.7 Å². The van der Waals surface area contributed by atoms with E-state index in [1.807, 2.05) is 24.3 Å². The van der Waals surface area contributed by atoms with Gasteiger partial charge in [0, 0.05) is 18.3 Å². The fourth-order valence-corrected chi connectivity index (χ4v) is 3.29. The van der Waals surface area contributed by atoms with E-state index in [-0.39, 0.29) is 5.38 Å². The highest BCUT2D eigenvalue weighted by molar-refractivity contribution is 6.21. The summed E-state index contributed by atoms with van der Waals surface area (Å²) < 4.78 is 5.19. The van der Waals surface area contributed by atoms with Crippen LogP contribution in [0.3, 0.4) is 0 Å². The lowest BCUT2D eigenvalue weighted by Gasteiger charge is -2.27. The number of para-hydroxylation sites is 1. The molecule has 110 valence electrons. The number of nitrogens with zero attached hydrogens (tertiary/aromatic N) is 1. The summed E-state index contributed by atoms with van der Waals surface area (Å²) in [6.07, 6.45) is 1.10. The van der Waals surface area contributed by atoms with Crippen molar-refractivity contribution in [3.63, 3.8) is 0 Å². The lowest BCUT2D eigenvalue weighted by Crippen LogP contribution is -2.32. The zero-order valence-corrected chi connectivity index (χ0v) is 13.2. The maximum atomic E-state index is 6.63. The minimum absolute atomic E-state index is 0.0236. The van der Waals surface area contributed by atoms with Gasteiger partial charge in [0.05, 0.1) is 12.5 Å². The lowest BCUT2D eigenvalue weighted by molar-refractivity contribution is 0.414. The smallest absolute Gasteiger partial charge is 0.118 e. The number of methoxy groups -OCH3 is 1. The maximum absolute atomic E-state index is 6.63. The zero-order valence-electron chi connectivity index (χ0n) is 12.4. The van der Waals surface area contributed by atoms with Crippen molar-refractivity contribution in [1.82, 2.24) is 0 Å². The molecule has 0 spiro atoms. The third-order valence-electron chi connectivity index (χ3n) is 4.18. The Morgan fingerprint density at radius 2 is 1.90 bits per heavy atom. The summed E-state index contributed by atoms with van der Waals surface area (Å²) in [5, 5.41) is -0.0236. The van der Waals surface area contributed by atoms with E-state index in [0.29, 0.717) is 6.04 Å². The predicted octanol–water partition coefficient (Wildman–Crippen LogP) is 4.43. The third kappa shape index (κ3) is 2.86. The monoisotopic (exact) mass is 301 g/mol. The number of rotatable bonds is 4. The predicted molar refractivity (Wildman–Crippen MR) is 88.5 cm³/mol. The molecule has 1 heterocycles. The van der Waals surface area contributed by atoms with Crippen molar-refractivity contribution in [2.24, 2.45) is 0 Å². The van der Waals surface area contributed by atoms with Crippen LogP contribution in [-0.4, -0.2) is 19.7 Å². The Labute approximate surface area is 131 Å². The molecular weight excluding hydrogens is 282 g/mol. The Bertz CT molecular complexity index is 611. The Hall–Kier alpha value is -1.67. The van der Waals surface area contributed by atoms with E-state index < -0.39 is 0 Å². The first-order valence-electron chi connectivity index (χ1n) is 7.31. The van der Waals surface area contributed by atoms with Crippen molar-refractivity contribution in [2.45, 2.75) is 24.8 Å². The van der Waals surface area contributed by atoms with Gasteiger partial charge < -0.3 is 9.64 Å². The van der Waals surface area contributed by atoms with E-state index in [2.05, 4.69) is 36.1 Å². The van der Waals surface area contributed by atoms with Gasteiger partial charge >= 0.3 is 0 Å². The third-order valence-corrected chi connectivity index (χ3v) is 4.57. The Balaban J connectivity index is 1.76. The first-order chi connectivity index (χ1) is 10.2. The van der Waals surface area contributed by atoms with E-state index in [1.165, 1.54) is 11.3 Å². The van der Waals surface area contributed by atoms with Gasteiger partial charge in [-0.25, -0.2) is 0 Å². The van der Waals surface area contributed by atoms with E-state index in [4.69, 9.17) is 16.3 Å². The molecule has 0 saturated heterocycles. The Morgan fingerprint density at radius 3 is 2.62 bits per heavy atom. The lowest BCUT2D eigenvalue weighted by atomic mass is 10.1. The van der Waals surface area contributed by atoms with Crippen LogP contribution in [0.2, 0.25) is 0 Å². The van der Waals surface area contributed by atoms with Gasteiger partial charge in [-0.2, -0.15) is 0 Å². The van der Waals surface area contributed by atoms with Gasteiger partial charge in [0.15, 0.2) is 0 Å². The maximum Gasteiger partial charge on any atom is 0.118 e. The van der Waals surface area contributed by atoms with Crippen LogP contribution in [-0.2, 0) is 6.42 Å². The molecule has 0 saturated carbocycles. The van der Waals surface area contributed by atoms with Gasteiger partial charge in [-0.3, -0.25) is 0 Å². The summed E-state index contributed by atoms with van der Waals surface area (Å²) in [5.74, 6) is 0.863. The number of hydrogen-bond donors (Lipinski definition) is 0. The molecule has 0 bridgehead atoms. The summed E-state index contributed by atoms with van der Waals surface area (Å²) in [7, 11) is 1.68. The van der Waals surface area contributed by atoms with Crippen LogP contribution in [0.5, 0.6) is 5.75 Å². The SMILES string of the molecule is COc1ccc(C(Cl)CN2c3ccccc3CC2C)cc1. The molecule has 3 rings (SSSR count). The molecule has 3 heteroatoms. The molecule has 1 aliphatic rings. The minimum atomic E-state index is -0.0236. The number of anilines is 1. The van der Waals surface area contributed by atoms with Crippen molar-refractivity contribution in [2.75, 3.05) is 18.6 Å². The highest BCUT2D eigenvalue weighted by Crippen LogP contribution is 2.35. The second kappa shape index (κ2) is 5.98. The molecular formula is C18H20ClNO. The molecule has 1 aliphatic heterocycles. The molecule has 2 atom stereocenters. The molecule has 2 unspecified atom stereocenters. The summed E-state index contributed by atoms with van der Waals surface area (Å²) in [6.45, 7) is 3.09. The number of ether oxygens (including phenoxy) is 1. The van der Waals surface area contributed by atoms with Crippen molar-refractivity contribution in [1.29, 1.82) is 0 Å². The van der Waals surface area contributed by atoms with Crippen molar-refractivity contribution in [3.8, 4) is 5.75 Å². The van der Waals surface area contributed by atoms with E-state index in [9.17, 15) is 0 Å². The number of fused-ring (bicyclic) bond motifs is 1. The fourth-order valence-electron chi connectivity index (χ4n) is 3.00. The number of hydrogen-bond acceptors (Lipinski definition) is 2. The summed E-state index contributed by atoms with van der Waals surface area (Å²) in [6, 6.07) is 17.1. The first-order valence-corrected chi connectivity index (χ1v) is 7.75. The fraction of sp³-hybridized carbons (Fsp3) is 0.333. The second-order valence-corrected chi connectivity index (χ2v) is 6.10. The van der Waals surface area contributed by atoms with Gasteiger partial charge in [-0.05, 0) is 42.7 Å². The van der Waals surface area contributed by atoms with Crippen LogP contribution in [0.25, 0.3) is 0 Å². The largest absolute Gasteiger partial charge is 0.497 e. The van der Waals surface area contributed by atoms with Crippen LogP contribution in [0, 0.1) is 0 Å². The highest BCUT2D eigenvalue weighted by atomic mass is 35.5. The molecule has 0 amide bonds. The molecule has 2 nitrogen and oxygen atoms in total. The van der Waals surface area contributed by atoms with E-state index in [0.717, 1.165) is 24.3 Å². The summed E-state index contributed by atoms with van der Waals surface area (Å²) in [5.41, 5.74) is 3.88. The molecule has 0 aliphatic carbocycles. The van der Waals surface area contributed by atoms with Crippen molar-refractivity contribution < 1.29 is 4.74 Å². The van der Waals surface area contributed by atoms with Gasteiger partial charge in [0.2, 0.25) is 0 Å². The van der Waals surface area contributed by atoms with Crippen LogP contribution in [0.1, 0.15) is 23.4 Å². The molecule has 0 aromatic heterocycles. The summed E-state index contributed by atoms with van der Waals surface area (Å²) >= 11 is 6.63. The van der Waals surface area contributed by atoms with Crippen molar-refractivity contribution >= 4 is 17.3 Å². The topological polar surface area (TPSA) is 12.5 Å². The Kier molecular flexibility index (Phi) is 4.07. The zero-order chi connectivity index (χ0) is 14.8. The number of halogens is 1. The van der Waals surface area contributed by atoms with Gasteiger partial charge in [-0.15, -0.1) is 11.6 Å². The molecule has 2 aromatic carbocycles. The van der Waals surface area contributed by atoms with Crippen LogP contribution >= 0.6 is 11.6 Å². The van der Waals surface area contributed by atoms with Gasteiger partial charge in [0.25, 0.3) is 0 Å². The first kappa shape index (κ1) is 14.3. The normalized spacial score (nSPS) is 18.4. The average Bonchev–Trinajstić information content (AvgIpc) is 2.83. The Morgan fingerprint density at radius 1 is 1.19 bits per heavy atom. The molecule has 21 heavy (non-hydrogen) atoms. The molecule has 2 aromatic rings.